The minimum absolute atomic E-state index is 0.151. The van der Waals surface area contributed by atoms with Gasteiger partial charge in [-0.1, -0.05) is 55.8 Å². The molecular formula is C28H41N3O4S. The highest BCUT2D eigenvalue weighted by molar-refractivity contribution is 7.92. The van der Waals surface area contributed by atoms with Crippen LogP contribution in [0.25, 0.3) is 0 Å². The Bertz CT molecular complexity index is 1100. The number of nitrogens with one attached hydrogen (secondary N) is 1. The summed E-state index contributed by atoms with van der Waals surface area (Å²) in [5.41, 5.74) is 3.63. The van der Waals surface area contributed by atoms with Gasteiger partial charge in [0.1, 0.15) is 6.04 Å². The topological polar surface area (TPSA) is 86.8 Å². The van der Waals surface area contributed by atoms with Gasteiger partial charge in [0.25, 0.3) is 0 Å². The molecular weight excluding hydrogens is 474 g/mol. The van der Waals surface area contributed by atoms with Gasteiger partial charge in [0, 0.05) is 26.1 Å². The number of benzene rings is 2. The van der Waals surface area contributed by atoms with Crippen LogP contribution in [-0.2, 0) is 26.0 Å². The number of hydrogen-bond donors (Lipinski definition) is 1. The van der Waals surface area contributed by atoms with E-state index in [9.17, 15) is 18.0 Å². The van der Waals surface area contributed by atoms with Crippen LogP contribution in [0.1, 0.15) is 56.2 Å². The van der Waals surface area contributed by atoms with E-state index in [0.717, 1.165) is 29.5 Å². The van der Waals surface area contributed by atoms with Crippen molar-refractivity contribution in [1.29, 1.82) is 0 Å². The summed E-state index contributed by atoms with van der Waals surface area (Å²) in [5, 5.41) is 2.92. The molecule has 0 fully saturated rings. The number of aryl methyl sites for hydroxylation is 1. The Morgan fingerprint density at radius 3 is 2.31 bits per heavy atom. The van der Waals surface area contributed by atoms with E-state index < -0.39 is 16.1 Å². The average Bonchev–Trinajstić information content (AvgIpc) is 2.84. The second-order valence-corrected chi connectivity index (χ2v) is 11.2. The molecule has 0 spiro atoms. The van der Waals surface area contributed by atoms with Crippen molar-refractivity contribution in [2.24, 2.45) is 0 Å². The molecule has 1 atom stereocenters. The molecule has 36 heavy (non-hydrogen) atoms. The Labute approximate surface area is 216 Å². The first-order valence-corrected chi connectivity index (χ1v) is 14.6. The number of nitrogens with zero attached hydrogens (tertiary/aromatic N) is 2. The van der Waals surface area contributed by atoms with Crippen LogP contribution in [-0.4, -0.2) is 57.1 Å². The van der Waals surface area contributed by atoms with E-state index in [1.165, 1.54) is 10.6 Å². The molecule has 0 saturated heterocycles. The van der Waals surface area contributed by atoms with Gasteiger partial charge in [0.15, 0.2) is 0 Å². The standard InChI is InChI=1S/C28H41N3O4S/c1-6-7-19-29-28(33)24(4)30(21-18-25-14-9-8-10-15-25)27(32)17-12-20-31(36(5,34)35)26-16-11-13-22(2)23(26)3/h8-11,13-16,24H,6-7,12,17-21H2,1-5H3,(H,29,33). The summed E-state index contributed by atoms with van der Waals surface area (Å²) in [7, 11) is -3.52. The molecule has 7 nitrogen and oxygen atoms in total. The lowest BCUT2D eigenvalue weighted by Gasteiger charge is -2.29. The molecule has 0 aliphatic heterocycles. The largest absolute Gasteiger partial charge is 0.354 e. The molecule has 0 aliphatic rings. The molecule has 8 heteroatoms. The van der Waals surface area contributed by atoms with Gasteiger partial charge in [-0.2, -0.15) is 0 Å². The van der Waals surface area contributed by atoms with Crippen LogP contribution < -0.4 is 9.62 Å². The molecule has 2 aromatic rings. The first kappa shape index (κ1) is 29.4. The van der Waals surface area contributed by atoms with Gasteiger partial charge in [0.05, 0.1) is 11.9 Å². The molecule has 198 valence electrons. The Morgan fingerprint density at radius 2 is 1.67 bits per heavy atom. The van der Waals surface area contributed by atoms with Crippen molar-refractivity contribution < 1.29 is 18.0 Å². The van der Waals surface area contributed by atoms with Gasteiger partial charge >= 0.3 is 0 Å². The lowest BCUT2D eigenvalue weighted by Crippen LogP contribution is -2.49. The third-order valence-electron chi connectivity index (χ3n) is 6.48. The maximum Gasteiger partial charge on any atom is 0.242 e. The van der Waals surface area contributed by atoms with Crippen LogP contribution in [0.3, 0.4) is 0 Å². The van der Waals surface area contributed by atoms with E-state index in [-0.39, 0.29) is 24.8 Å². The molecule has 0 saturated carbocycles. The summed E-state index contributed by atoms with van der Waals surface area (Å²) in [5.74, 6) is -0.323. The normalized spacial score (nSPS) is 12.1. The highest BCUT2D eigenvalue weighted by Gasteiger charge is 2.26. The van der Waals surface area contributed by atoms with E-state index in [0.29, 0.717) is 31.6 Å². The van der Waals surface area contributed by atoms with Crippen molar-refractivity contribution >= 4 is 27.5 Å². The highest BCUT2D eigenvalue weighted by Crippen LogP contribution is 2.25. The smallest absolute Gasteiger partial charge is 0.242 e. The summed E-state index contributed by atoms with van der Waals surface area (Å²) in [6.07, 6.45) is 4.19. The fourth-order valence-electron chi connectivity index (χ4n) is 4.09. The number of unbranched alkanes of at least 4 members (excludes halogenated alkanes) is 1. The molecule has 2 amide bonds. The Hall–Kier alpha value is -2.87. The van der Waals surface area contributed by atoms with Crippen molar-refractivity contribution in [2.75, 3.05) is 30.2 Å². The van der Waals surface area contributed by atoms with Crippen molar-refractivity contribution in [1.82, 2.24) is 10.2 Å². The van der Waals surface area contributed by atoms with E-state index >= 15 is 0 Å². The summed E-state index contributed by atoms with van der Waals surface area (Å²) >= 11 is 0. The van der Waals surface area contributed by atoms with Crippen molar-refractivity contribution in [3.05, 3.63) is 65.2 Å². The molecule has 1 unspecified atom stereocenters. The van der Waals surface area contributed by atoms with E-state index in [4.69, 9.17) is 0 Å². The lowest BCUT2D eigenvalue weighted by atomic mass is 10.1. The SMILES string of the molecule is CCCCNC(=O)C(C)N(CCc1ccccc1)C(=O)CCCN(c1cccc(C)c1C)S(C)(=O)=O. The Balaban J connectivity index is 2.12. The number of sulfonamides is 1. The van der Waals surface area contributed by atoms with Gasteiger partial charge in [0.2, 0.25) is 21.8 Å². The fraction of sp³-hybridized carbons (Fsp3) is 0.500. The number of carbonyl (C=O) groups excluding carboxylic acids is 2. The van der Waals surface area contributed by atoms with E-state index in [2.05, 4.69) is 12.2 Å². The molecule has 2 aromatic carbocycles. The summed E-state index contributed by atoms with van der Waals surface area (Å²) < 4.78 is 26.5. The number of anilines is 1. The predicted octanol–water partition coefficient (Wildman–Crippen LogP) is 4.23. The number of carbonyl (C=O) groups is 2. The fourth-order valence-corrected chi connectivity index (χ4v) is 5.11. The van der Waals surface area contributed by atoms with Crippen LogP contribution in [0.4, 0.5) is 5.69 Å². The van der Waals surface area contributed by atoms with Crippen LogP contribution >= 0.6 is 0 Å². The molecule has 1 N–H and O–H groups in total. The summed E-state index contributed by atoms with van der Waals surface area (Å²) in [4.78, 5) is 27.7. The maximum atomic E-state index is 13.3. The van der Waals surface area contributed by atoms with Crippen LogP contribution in [0.15, 0.2) is 48.5 Å². The van der Waals surface area contributed by atoms with Crippen LogP contribution in [0.5, 0.6) is 0 Å². The highest BCUT2D eigenvalue weighted by atomic mass is 32.2. The second-order valence-electron chi connectivity index (χ2n) is 9.30. The van der Waals surface area contributed by atoms with Crippen LogP contribution in [0, 0.1) is 13.8 Å². The summed E-state index contributed by atoms with van der Waals surface area (Å²) in [6, 6.07) is 14.8. The maximum absolute atomic E-state index is 13.3. The third-order valence-corrected chi connectivity index (χ3v) is 7.66. The molecule has 0 heterocycles. The van der Waals surface area contributed by atoms with Crippen molar-refractivity contribution in [2.45, 2.75) is 65.8 Å². The Morgan fingerprint density at radius 1 is 0.972 bits per heavy atom. The van der Waals surface area contributed by atoms with E-state index in [1.54, 1.807) is 17.9 Å². The number of amides is 2. The molecule has 2 rings (SSSR count). The first-order valence-electron chi connectivity index (χ1n) is 12.7. The lowest BCUT2D eigenvalue weighted by molar-refractivity contribution is -0.139. The molecule has 0 radical (unpaired) electrons. The minimum Gasteiger partial charge on any atom is -0.354 e. The Kier molecular flexibility index (Phi) is 11.4. The minimum atomic E-state index is -3.52. The van der Waals surface area contributed by atoms with Gasteiger partial charge in [-0.25, -0.2) is 8.42 Å². The van der Waals surface area contributed by atoms with Crippen LogP contribution in [0.2, 0.25) is 0 Å². The number of hydrogen-bond acceptors (Lipinski definition) is 4. The predicted molar refractivity (Wildman–Crippen MR) is 147 cm³/mol. The zero-order chi connectivity index (χ0) is 26.7. The van der Waals surface area contributed by atoms with Gasteiger partial charge in [-0.15, -0.1) is 0 Å². The second kappa shape index (κ2) is 14.0. The van der Waals surface area contributed by atoms with Crippen molar-refractivity contribution in [3.8, 4) is 0 Å². The molecule has 0 aliphatic carbocycles. The van der Waals surface area contributed by atoms with E-state index in [1.807, 2.05) is 56.3 Å². The average molecular weight is 516 g/mol. The zero-order valence-electron chi connectivity index (χ0n) is 22.3. The van der Waals surface area contributed by atoms with Gasteiger partial charge in [-0.05, 0) is 62.8 Å². The molecule has 0 aromatic heterocycles. The summed E-state index contributed by atoms with van der Waals surface area (Å²) in [6.45, 7) is 8.85. The zero-order valence-corrected chi connectivity index (χ0v) is 23.1. The monoisotopic (exact) mass is 515 g/mol. The first-order chi connectivity index (χ1) is 17.1. The molecule has 0 bridgehead atoms. The third kappa shape index (κ3) is 8.66. The van der Waals surface area contributed by atoms with Gasteiger partial charge < -0.3 is 10.2 Å². The van der Waals surface area contributed by atoms with Crippen molar-refractivity contribution in [3.63, 3.8) is 0 Å². The van der Waals surface area contributed by atoms with Gasteiger partial charge in [-0.3, -0.25) is 13.9 Å². The quantitative estimate of drug-likeness (QED) is 0.382. The number of rotatable bonds is 14.